The molecule has 0 saturated heterocycles. The fourth-order valence-corrected chi connectivity index (χ4v) is 3.75. The van der Waals surface area contributed by atoms with Crippen molar-refractivity contribution >= 4 is 34.3 Å². The van der Waals surface area contributed by atoms with Crippen LogP contribution in [0.5, 0.6) is 0 Å². The summed E-state index contributed by atoms with van der Waals surface area (Å²) >= 11 is 7.73. The fourth-order valence-electron chi connectivity index (χ4n) is 3.23. The first kappa shape index (κ1) is 17.5. The van der Waals surface area contributed by atoms with Crippen molar-refractivity contribution < 1.29 is 4.42 Å². The molecule has 7 heteroatoms. The van der Waals surface area contributed by atoms with Crippen molar-refractivity contribution in [1.29, 1.82) is 0 Å². The second-order valence-electron chi connectivity index (χ2n) is 6.48. The van der Waals surface area contributed by atoms with E-state index in [4.69, 9.17) is 16.0 Å². The van der Waals surface area contributed by atoms with Crippen LogP contribution in [0.2, 0.25) is 5.02 Å². The highest BCUT2D eigenvalue weighted by atomic mass is 35.5. The van der Waals surface area contributed by atoms with E-state index in [-0.39, 0.29) is 5.43 Å². The van der Waals surface area contributed by atoms with Crippen molar-refractivity contribution in [1.82, 2.24) is 14.9 Å². The van der Waals surface area contributed by atoms with Crippen molar-refractivity contribution in [2.45, 2.75) is 31.6 Å². The second kappa shape index (κ2) is 7.02. The lowest BCUT2D eigenvalue weighted by molar-refractivity contribution is 0.240. The number of hydrogen-bond acceptors (Lipinski definition) is 6. The normalized spacial score (nSPS) is 14.6. The molecule has 1 aliphatic heterocycles. The van der Waals surface area contributed by atoms with Gasteiger partial charge < -0.3 is 4.42 Å². The highest BCUT2D eigenvalue weighted by Crippen LogP contribution is 2.23. The molecule has 0 atom stereocenters. The van der Waals surface area contributed by atoms with Gasteiger partial charge in [-0.3, -0.25) is 9.69 Å². The summed E-state index contributed by atoms with van der Waals surface area (Å²) < 4.78 is 5.69. The summed E-state index contributed by atoms with van der Waals surface area (Å²) in [5, 5.41) is 1.92. The molecule has 3 aromatic rings. The number of hydrogen-bond donors (Lipinski definition) is 0. The van der Waals surface area contributed by atoms with E-state index in [1.165, 1.54) is 0 Å². The average Bonchev–Trinajstić information content (AvgIpc) is 2.65. The molecule has 3 heterocycles. The number of aryl methyl sites for hydroxylation is 1. The zero-order chi connectivity index (χ0) is 18.3. The van der Waals surface area contributed by atoms with Gasteiger partial charge in [0.05, 0.1) is 17.3 Å². The minimum atomic E-state index is -0.0204. The minimum Gasteiger partial charge on any atom is -0.464 e. The largest absolute Gasteiger partial charge is 0.464 e. The lowest BCUT2D eigenvalue weighted by Gasteiger charge is -2.27. The highest BCUT2D eigenvalue weighted by Gasteiger charge is 2.20. The Kier molecular flexibility index (Phi) is 4.73. The molecule has 0 fully saturated rings. The van der Waals surface area contributed by atoms with Crippen molar-refractivity contribution in [3.63, 3.8) is 0 Å². The molecule has 0 radical (unpaired) electrons. The third kappa shape index (κ3) is 3.24. The monoisotopic (exact) mass is 387 g/mol. The predicted molar refractivity (Wildman–Crippen MR) is 104 cm³/mol. The van der Waals surface area contributed by atoms with E-state index in [0.29, 0.717) is 28.1 Å². The summed E-state index contributed by atoms with van der Waals surface area (Å²) in [7, 11) is 0. The van der Waals surface area contributed by atoms with Gasteiger partial charge in [0, 0.05) is 48.4 Å². The Morgan fingerprint density at radius 2 is 2.23 bits per heavy atom. The SMILES string of the molecule is CSc1ncc2c(n1)CCN(Cc1coc3cc(C)c(Cl)cc3c1=O)C2. The van der Waals surface area contributed by atoms with Gasteiger partial charge in [0.15, 0.2) is 10.6 Å². The first-order chi connectivity index (χ1) is 12.5. The standard InChI is InChI=1S/C19H18ClN3O2S/c1-11-5-17-14(6-15(11)20)18(24)13(10-25-17)9-23-4-3-16-12(8-23)7-21-19(22-16)26-2/h5-7,10H,3-4,8-9H2,1-2H3. The molecule has 0 unspecified atom stereocenters. The predicted octanol–water partition coefficient (Wildman–Crippen LogP) is 3.83. The van der Waals surface area contributed by atoms with Gasteiger partial charge >= 0.3 is 0 Å². The Balaban J connectivity index is 1.60. The van der Waals surface area contributed by atoms with Crippen LogP contribution in [-0.2, 0) is 19.5 Å². The zero-order valence-corrected chi connectivity index (χ0v) is 16.2. The van der Waals surface area contributed by atoms with Gasteiger partial charge in [-0.25, -0.2) is 9.97 Å². The average molecular weight is 388 g/mol. The number of benzene rings is 1. The smallest absolute Gasteiger partial charge is 0.197 e. The van der Waals surface area contributed by atoms with Crippen LogP contribution in [0, 0.1) is 6.92 Å². The number of thioether (sulfide) groups is 1. The van der Waals surface area contributed by atoms with Gasteiger partial charge in [0.25, 0.3) is 0 Å². The summed E-state index contributed by atoms with van der Waals surface area (Å²) in [6.45, 7) is 4.01. The Bertz CT molecular complexity index is 1050. The van der Waals surface area contributed by atoms with Crippen LogP contribution in [0.3, 0.4) is 0 Å². The third-order valence-electron chi connectivity index (χ3n) is 4.69. The van der Waals surface area contributed by atoms with Crippen LogP contribution >= 0.6 is 23.4 Å². The minimum absolute atomic E-state index is 0.0204. The van der Waals surface area contributed by atoms with Crippen molar-refractivity contribution in [2.75, 3.05) is 12.8 Å². The van der Waals surface area contributed by atoms with E-state index < -0.39 is 0 Å². The highest BCUT2D eigenvalue weighted by molar-refractivity contribution is 7.98. The molecule has 0 bridgehead atoms. The lowest BCUT2D eigenvalue weighted by Crippen LogP contribution is -2.32. The number of halogens is 1. The molecule has 26 heavy (non-hydrogen) atoms. The van der Waals surface area contributed by atoms with Gasteiger partial charge in [-0.15, -0.1) is 0 Å². The Hall–Kier alpha value is -1.89. The Labute approximate surface area is 160 Å². The summed E-state index contributed by atoms with van der Waals surface area (Å²) in [4.78, 5) is 24.0. The molecular formula is C19H18ClN3O2S. The summed E-state index contributed by atoms with van der Waals surface area (Å²) in [6.07, 6.45) is 6.30. The second-order valence-corrected chi connectivity index (χ2v) is 7.66. The zero-order valence-electron chi connectivity index (χ0n) is 14.6. The number of aromatic nitrogens is 2. The maximum Gasteiger partial charge on any atom is 0.197 e. The Morgan fingerprint density at radius 3 is 3.04 bits per heavy atom. The molecule has 1 aromatic carbocycles. The number of rotatable bonds is 3. The van der Waals surface area contributed by atoms with Crippen LogP contribution in [0.1, 0.15) is 22.4 Å². The lowest BCUT2D eigenvalue weighted by atomic mass is 10.1. The van der Waals surface area contributed by atoms with Crippen molar-refractivity contribution in [2.24, 2.45) is 0 Å². The Morgan fingerprint density at radius 1 is 1.38 bits per heavy atom. The number of nitrogens with zero attached hydrogens (tertiary/aromatic N) is 3. The van der Waals surface area contributed by atoms with Crippen LogP contribution in [0.15, 0.2) is 39.0 Å². The van der Waals surface area contributed by atoms with E-state index in [0.717, 1.165) is 41.5 Å². The summed E-state index contributed by atoms with van der Waals surface area (Å²) in [5.41, 5.74) is 4.32. The molecule has 0 aliphatic carbocycles. The van der Waals surface area contributed by atoms with E-state index >= 15 is 0 Å². The number of fused-ring (bicyclic) bond motifs is 2. The quantitative estimate of drug-likeness (QED) is 0.503. The topological polar surface area (TPSA) is 59.2 Å². The van der Waals surface area contributed by atoms with Crippen molar-refractivity contribution in [3.05, 3.63) is 62.2 Å². The molecule has 0 spiro atoms. The van der Waals surface area contributed by atoms with Crippen LogP contribution < -0.4 is 5.43 Å². The van der Waals surface area contributed by atoms with E-state index in [1.54, 1.807) is 30.2 Å². The molecule has 0 N–H and O–H groups in total. The molecule has 134 valence electrons. The van der Waals surface area contributed by atoms with Gasteiger partial charge in [-0.1, -0.05) is 23.4 Å². The molecule has 0 saturated carbocycles. The molecule has 4 rings (SSSR count). The van der Waals surface area contributed by atoms with Crippen LogP contribution in [-0.4, -0.2) is 27.7 Å². The van der Waals surface area contributed by atoms with Crippen molar-refractivity contribution in [3.8, 4) is 0 Å². The van der Waals surface area contributed by atoms with E-state index in [1.807, 2.05) is 19.4 Å². The molecule has 2 aromatic heterocycles. The van der Waals surface area contributed by atoms with Gasteiger partial charge in [-0.05, 0) is 30.9 Å². The maximum atomic E-state index is 12.8. The van der Waals surface area contributed by atoms with Crippen LogP contribution in [0.25, 0.3) is 11.0 Å². The fraction of sp³-hybridized carbons (Fsp3) is 0.316. The summed E-state index contributed by atoms with van der Waals surface area (Å²) in [5.74, 6) is 0. The molecule has 1 aliphatic rings. The third-order valence-corrected chi connectivity index (χ3v) is 5.66. The van der Waals surface area contributed by atoms with Gasteiger partial charge in [-0.2, -0.15) is 0 Å². The summed E-state index contributed by atoms with van der Waals surface area (Å²) in [6, 6.07) is 3.51. The first-order valence-electron chi connectivity index (χ1n) is 8.37. The van der Waals surface area contributed by atoms with E-state index in [9.17, 15) is 4.79 Å². The van der Waals surface area contributed by atoms with Gasteiger partial charge in [0.2, 0.25) is 0 Å². The molecule has 5 nitrogen and oxygen atoms in total. The first-order valence-corrected chi connectivity index (χ1v) is 9.97. The maximum absolute atomic E-state index is 12.8. The van der Waals surface area contributed by atoms with Gasteiger partial charge in [0.1, 0.15) is 5.58 Å². The molecule has 0 amide bonds. The molecular weight excluding hydrogens is 370 g/mol. The van der Waals surface area contributed by atoms with Crippen LogP contribution in [0.4, 0.5) is 0 Å². The van der Waals surface area contributed by atoms with E-state index in [2.05, 4.69) is 14.9 Å².